The fourth-order valence-corrected chi connectivity index (χ4v) is 4.84. The van der Waals surface area contributed by atoms with E-state index in [0.717, 1.165) is 36.1 Å². The number of amides is 1. The molecule has 2 aromatic heterocycles. The number of hydrogen-bond donors (Lipinski definition) is 2. The lowest BCUT2D eigenvalue weighted by Gasteiger charge is -2.31. The second kappa shape index (κ2) is 11.2. The number of nitrogens with one attached hydrogen (secondary N) is 2. The summed E-state index contributed by atoms with van der Waals surface area (Å²) in [6.07, 6.45) is 3.93. The molecule has 0 unspecified atom stereocenters. The van der Waals surface area contributed by atoms with Crippen LogP contribution in [0.2, 0.25) is 5.02 Å². The smallest absolute Gasteiger partial charge is 0.419 e. The molecule has 0 spiro atoms. The Balaban J connectivity index is 1.62. The molecule has 0 radical (unpaired) electrons. The van der Waals surface area contributed by atoms with Crippen molar-refractivity contribution in [1.29, 1.82) is 0 Å². The third kappa shape index (κ3) is 7.18. The molecule has 1 saturated carbocycles. The second-order valence-electron chi connectivity index (χ2n) is 11.9. The van der Waals surface area contributed by atoms with Crippen molar-refractivity contribution in [3.63, 3.8) is 0 Å². The molecule has 2 N–H and O–H groups in total. The van der Waals surface area contributed by atoms with Crippen LogP contribution in [0.3, 0.4) is 0 Å². The minimum Gasteiger partial charge on any atom is -0.444 e. The van der Waals surface area contributed by atoms with Crippen LogP contribution >= 0.6 is 11.6 Å². The number of aromatic nitrogens is 3. The number of benzene rings is 1. The summed E-state index contributed by atoms with van der Waals surface area (Å²) in [7, 11) is 0. The van der Waals surface area contributed by atoms with Crippen molar-refractivity contribution in [2.75, 3.05) is 5.32 Å². The first-order chi connectivity index (χ1) is 18.6. The number of hydrogen-bond acceptors (Lipinski definition) is 7. The van der Waals surface area contributed by atoms with E-state index in [9.17, 15) is 14.0 Å². The van der Waals surface area contributed by atoms with Gasteiger partial charge in [0.2, 0.25) is 0 Å². The van der Waals surface area contributed by atoms with Crippen molar-refractivity contribution in [1.82, 2.24) is 19.9 Å². The molecule has 9 nitrogen and oxygen atoms in total. The third-order valence-electron chi connectivity index (χ3n) is 6.13. The molecule has 4 rings (SSSR count). The van der Waals surface area contributed by atoms with Crippen LogP contribution in [0.25, 0.3) is 22.3 Å². The Labute approximate surface area is 236 Å². The topological polar surface area (TPSA) is 107 Å². The summed E-state index contributed by atoms with van der Waals surface area (Å²) in [6.45, 7) is 10.5. The Morgan fingerprint density at radius 3 is 2.38 bits per heavy atom. The molecule has 1 fully saturated rings. The van der Waals surface area contributed by atoms with E-state index in [2.05, 4.69) is 20.6 Å². The Bertz CT molecular complexity index is 1430. The van der Waals surface area contributed by atoms with Gasteiger partial charge in [-0.3, -0.25) is 0 Å². The molecular weight excluding hydrogens is 544 g/mol. The maximum Gasteiger partial charge on any atom is 0.419 e. The fourth-order valence-electron chi connectivity index (χ4n) is 4.63. The Morgan fingerprint density at radius 1 is 1.02 bits per heavy atom. The van der Waals surface area contributed by atoms with Crippen LogP contribution in [0, 0.1) is 11.6 Å². The minimum atomic E-state index is -0.823. The molecule has 2 atom stereocenters. The predicted molar refractivity (Wildman–Crippen MR) is 149 cm³/mol. The summed E-state index contributed by atoms with van der Waals surface area (Å²) in [6, 6.07) is 2.25. The van der Waals surface area contributed by atoms with E-state index in [1.807, 2.05) is 0 Å². The predicted octanol–water partition coefficient (Wildman–Crippen LogP) is 7.06. The summed E-state index contributed by atoms with van der Waals surface area (Å²) >= 11 is 6.13. The van der Waals surface area contributed by atoms with Gasteiger partial charge >= 0.3 is 12.2 Å². The first kappa shape index (κ1) is 29.5. The van der Waals surface area contributed by atoms with Crippen molar-refractivity contribution in [2.24, 2.45) is 0 Å². The van der Waals surface area contributed by atoms with Gasteiger partial charge in [0.25, 0.3) is 0 Å². The molecule has 1 aliphatic carbocycles. The van der Waals surface area contributed by atoms with Crippen molar-refractivity contribution >= 4 is 40.5 Å². The number of carbonyl (C=O) groups excluding carboxylic acids is 2. The SMILES string of the molecule is CC(C)(C)OC(=O)N[C@@H]1CCC[C@H](Nc2nc(-c3cn(C(=O)OC(C)(C)C)c4c(F)cc(Cl)cc34)ncc2F)C1. The van der Waals surface area contributed by atoms with Gasteiger partial charge in [0.05, 0.1) is 11.7 Å². The van der Waals surface area contributed by atoms with Crippen molar-refractivity contribution in [3.05, 3.63) is 41.2 Å². The van der Waals surface area contributed by atoms with Gasteiger partial charge < -0.3 is 20.1 Å². The van der Waals surface area contributed by atoms with Gasteiger partial charge in [-0.1, -0.05) is 11.6 Å². The molecule has 12 heteroatoms. The number of anilines is 1. The number of halogens is 3. The fraction of sp³-hybridized carbons (Fsp3) is 0.500. The second-order valence-corrected chi connectivity index (χ2v) is 12.4. The highest BCUT2D eigenvalue weighted by Gasteiger charge is 2.28. The number of nitrogens with zero attached hydrogens (tertiary/aromatic N) is 3. The summed E-state index contributed by atoms with van der Waals surface area (Å²) in [5.74, 6) is -1.39. The summed E-state index contributed by atoms with van der Waals surface area (Å²) < 4.78 is 41.7. The molecule has 1 amide bonds. The number of carbonyl (C=O) groups is 2. The van der Waals surface area contributed by atoms with E-state index < -0.39 is 35.0 Å². The average molecular weight is 578 g/mol. The van der Waals surface area contributed by atoms with Crippen LogP contribution in [-0.4, -0.2) is 50.0 Å². The van der Waals surface area contributed by atoms with E-state index >= 15 is 4.39 Å². The zero-order chi connectivity index (χ0) is 29.4. The molecule has 0 bridgehead atoms. The summed E-state index contributed by atoms with van der Waals surface area (Å²) in [4.78, 5) is 33.6. The van der Waals surface area contributed by atoms with Crippen molar-refractivity contribution in [3.8, 4) is 11.4 Å². The lowest BCUT2D eigenvalue weighted by Crippen LogP contribution is -2.44. The zero-order valence-electron chi connectivity index (χ0n) is 23.4. The molecular formula is C28H34ClF2N5O4. The normalized spacial score (nSPS) is 17.9. The Hall–Kier alpha value is -3.47. The van der Waals surface area contributed by atoms with Crippen LogP contribution in [0.5, 0.6) is 0 Å². The number of fused-ring (bicyclic) bond motifs is 1. The molecule has 3 aromatic rings. The quantitative estimate of drug-likeness (QED) is 0.342. The van der Waals surface area contributed by atoms with Gasteiger partial charge in [0.15, 0.2) is 17.5 Å². The molecule has 1 aliphatic rings. The van der Waals surface area contributed by atoms with Gasteiger partial charge in [-0.05, 0) is 79.4 Å². The highest BCUT2D eigenvalue weighted by atomic mass is 35.5. The monoisotopic (exact) mass is 577 g/mol. The molecule has 40 heavy (non-hydrogen) atoms. The van der Waals surface area contributed by atoms with Gasteiger partial charge in [0, 0.05) is 34.3 Å². The Kier molecular flexibility index (Phi) is 8.26. The third-order valence-corrected chi connectivity index (χ3v) is 6.35. The highest BCUT2D eigenvalue weighted by Crippen LogP contribution is 2.34. The van der Waals surface area contributed by atoms with Crippen LogP contribution in [-0.2, 0) is 9.47 Å². The highest BCUT2D eigenvalue weighted by molar-refractivity contribution is 6.31. The standard InChI is InChI=1S/C28H34ClF2N5O4/c1-27(2,3)39-25(37)34-17-9-7-8-16(12-17)33-24-21(31)13-32-23(35-24)19-14-36(26(38)40-28(4,5)6)22-18(19)10-15(29)11-20(22)30/h10-11,13-14,16-17H,7-9,12H2,1-6H3,(H,34,37)(H,32,33,35)/t16-,17+/m0/s1. The lowest BCUT2D eigenvalue weighted by molar-refractivity contribution is 0.0489. The molecule has 0 aliphatic heterocycles. The maximum atomic E-state index is 15.0. The molecule has 2 heterocycles. The molecule has 1 aromatic carbocycles. The first-order valence-electron chi connectivity index (χ1n) is 13.1. The first-order valence-corrected chi connectivity index (χ1v) is 13.5. The van der Waals surface area contributed by atoms with E-state index in [4.69, 9.17) is 21.1 Å². The minimum absolute atomic E-state index is 0.0476. The Morgan fingerprint density at radius 2 is 1.70 bits per heavy atom. The van der Waals surface area contributed by atoms with E-state index in [1.165, 1.54) is 12.3 Å². The van der Waals surface area contributed by atoms with Gasteiger partial charge in [-0.15, -0.1) is 0 Å². The lowest BCUT2D eigenvalue weighted by atomic mass is 9.91. The molecule has 0 saturated heterocycles. The molecule has 216 valence electrons. The van der Waals surface area contributed by atoms with Gasteiger partial charge in [-0.2, -0.15) is 0 Å². The van der Waals surface area contributed by atoms with Crippen LogP contribution in [0.4, 0.5) is 24.2 Å². The zero-order valence-corrected chi connectivity index (χ0v) is 24.2. The number of alkyl carbamates (subject to hydrolysis) is 1. The summed E-state index contributed by atoms with van der Waals surface area (Å²) in [5, 5.41) is 6.39. The maximum absolute atomic E-state index is 15.0. The van der Waals surface area contributed by atoms with E-state index in [0.29, 0.717) is 6.42 Å². The summed E-state index contributed by atoms with van der Waals surface area (Å²) in [5.41, 5.74) is -1.22. The number of rotatable bonds is 4. The van der Waals surface area contributed by atoms with Crippen molar-refractivity contribution in [2.45, 2.75) is 90.5 Å². The van der Waals surface area contributed by atoms with Crippen LogP contribution in [0.15, 0.2) is 24.5 Å². The number of ether oxygens (including phenoxy) is 2. The van der Waals surface area contributed by atoms with Gasteiger partial charge in [-0.25, -0.2) is 32.9 Å². The van der Waals surface area contributed by atoms with E-state index in [-0.39, 0.29) is 45.2 Å². The largest absolute Gasteiger partial charge is 0.444 e. The average Bonchev–Trinajstić information content (AvgIpc) is 3.18. The van der Waals surface area contributed by atoms with E-state index in [1.54, 1.807) is 41.5 Å². The van der Waals surface area contributed by atoms with Crippen LogP contribution < -0.4 is 10.6 Å². The van der Waals surface area contributed by atoms with Gasteiger partial charge in [0.1, 0.15) is 17.0 Å². The van der Waals surface area contributed by atoms with Crippen molar-refractivity contribution < 1.29 is 27.8 Å². The van der Waals surface area contributed by atoms with Crippen LogP contribution in [0.1, 0.15) is 67.2 Å².